The second-order valence-electron chi connectivity index (χ2n) is 5.72. The molecule has 1 saturated carbocycles. The van der Waals surface area contributed by atoms with Crippen LogP contribution in [0.15, 0.2) is 0 Å². The first-order valence-corrected chi connectivity index (χ1v) is 7.41. The second-order valence-corrected chi connectivity index (χ2v) is 5.72. The van der Waals surface area contributed by atoms with E-state index in [4.69, 9.17) is 4.74 Å². The smallest absolute Gasteiger partial charge is 0.0945 e. The molecule has 1 aliphatic carbocycles. The normalized spacial score (nSPS) is 31.8. The Morgan fingerprint density at radius 1 is 1.29 bits per heavy atom. The molecule has 0 aromatic carbocycles. The summed E-state index contributed by atoms with van der Waals surface area (Å²) in [5.74, 6) is 1.06. The SMILES string of the molecule is CCOC1(C(O)C(CC)CC)CCCC(C)C1. The number of ether oxygens (including phenoxy) is 1. The average Bonchev–Trinajstić information content (AvgIpc) is 2.31. The van der Waals surface area contributed by atoms with Crippen molar-refractivity contribution in [2.45, 2.75) is 77.9 Å². The summed E-state index contributed by atoms with van der Waals surface area (Å²) < 4.78 is 6.04. The Kier molecular flexibility index (Phi) is 5.94. The Bertz CT molecular complexity index is 209. The third-order valence-corrected chi connectivity index (χ3v) is 4.46. The van der Waals surface area contributed by atoms with Gasteiger partial charge < -0.3 is 9.84 Å². The molecule has 0 radical (unpaired) electrons. The van der Waals surface area contributed by atoms with Crippen LogP contribution in [0.1, 0.15) is 66.2 Å². The molecule has 0 spiro atoms. The van der Waals surface area contributed by atoms with Crippen LogP contribution in [-0.4, -0.2) is 23.4 Å². The predicted molar refractivity (Wildman–Crippen MR) is 72.1 cm³/mol. The van der Waals surface area contributed by atoms with E-state index in [0.29, 0.717) is 18.4 Å². The minimum Gasteiger partial charge on any atom is -0.390 e. The van der Waals surface area contributed by atoms with Crippen molar-refractivity contribution in [3.63, 3.8) is 0 Å². The average molecular weight is 242 g/mol. The van der Waals surface area contributed by atoms with Gasteiger partial charge in [-0.25, -0.2) is 0 Å². The fourth-order valence-electron chi connectivity index (χ4n) is 3.48. The van der Waals surface area contributed by atoms with Crippen molar-refractivity contribution in [1.82, 2.24) is 0 Å². The molecule has 17 heavy (non-hydrogen) atoms. The van der Waals surface area contributed by atoms with Crippen molar-refractivity contribution < 1.29 is 9.84 Å². The number of hydrogen-bond acceptors (Lipinski definition) is 2. The molecule has 2 heteroatoms. The fourth-order valence-corrected chi connectivity index (χ4v) is 3.48. The van der Waals surface area contributed by atoms with Gasteiger partial charge >= 0.3 is 0 Å². The van der Waals surface area contributed by atoms with Gasteiger partial charge in [-0.2, -0.15) is 0 Å². The maximum absolute atomic E-state index is 10.7. The summed E-state index contributed by atoms with van der Waals surface area (Å²) in [6.07, 6.45) is 6.33. The van der Waals surface area contributed by atoms with Crippen molar-refractivity contribution in [2.75, 3.05) is 6.61 Å². The van der Waals surface area contributed by atoms with E-state index in [-0.39, 0.29) is 11.7 Å². The molecule has 0 aliphatic heterocycles. The van der Waals surface area contributed by atoms with Crippen LogP contribution in [0.25, 0.3) is 0 Å². The van der Waals surface area contributed by atoms with E-state index in [1.165, 1.54) is 12.8 Å². The molecule has 3 atom stereocenters. The van der Waals surface area contributed by atoms with Crippen LogP contribution < -0.4 is 0 Å². The zero-order valence-corrected chi connectivity index (χ0v) is 12.0. The Balaban J connectivity index is 2.81. The van der Waals surface area contributed by atoms with Crippen molar-refractivity contribution in [1.29, 1.82) is 0 Å². The molecule has 0 aromatic heterocycles. The van der Waals surface area contributed by atoms with Crippen molar-refractivity contribution in [3.05, 3.63) is 0 Å². The summed E-state index contributed by atoms with van der Waals surface area (Å²) in [5, 5.41) is 10.7. The highest BCUT2D eigenvalue weighted by atomic mass is 16.5. The molecule has 0 heterocycles. The minimum absolute atomic E-state index is 0.261. The molecule has 0 saturated heterocycles. The Hall–Kier alpha value is -0.0800. The van der Waals surface area contributed by atoms with Gasteiger partial charge in [0.1, 0.15) is 0 Å². The highest BCUT2D eigenvalue weighted by Gasteiger charge is 2.44. The lowest BCUT2D eigenvalue weighted by molar-refractivity contribution is -0.165. The first kappa shape index (κ1) is 15.0. The summed E-state index contributed by atoms with van der Waals surface area (Å²) in [7, 11) is 0. The molecule has 3 unspecified atom stereocenters. The van der Waals surface area contributed by atoms with Crippen LogP contribution >= 0.6 is 0 Å². The Labute approximate surface area is 107 Å². The van der Waals surface area contributed by atoms with Crippen LogP contribution in [0, 0.1) is 11.8 Å². The standard InChI is InChI=1S/C15H30O2/c1-5-13(6-2)14(16)15(17-7-3)10-8-9-12(4)11-15/h12-14,16H,5-11H2,1-4H3. The third kappa shape index (κ3) is 3.45. The minimum atomic E-state index is -0.291. The molecule has 0 amide bonds. The summed E-state index contributed by atoms with van der Waals surface area (Å²) in [6, 6.07) is 0. The van der Waals surface area contributed by atoms with E-state index < -0.39 is 0 Å². The van der Waals surface area contributed by atoms with Gasteiger partial charge in [-0.05, 0) is 31.6 Å². The molecule has 0 bridgehead atoms. The van der Waals surface area contributed by atoms with Crippen LogP contribution in [0.3, 0.4) is 0 Å². The maximum Gasteiger partial charge on any atom is 0.0945 e. The Morgan fingerprint density at radius 2 is 1.94 bits per heavy atom. The lowest BCUT2D eigenvalue weighted by Crippen LogP contribution is -2.51. The largest absolute Gasteiger partial charge is 0.390 e. The molecule has 1 N–H and O–H groups in total. The molecule has 0 aromatic rings. The van der Waals surface area contributed by atoms with E-state index in [1.54, 1.807) is 0 Å². The van der Waals surface area contributed by atoms with E-state index in [1.807, 2.05) is 6.92 Å². The van der Waals surface area contributed by atoms with Gasteiger partial charge in [0.2, 0.25) is 0 Å². The summed E-state index contributed by atoms with van der Waals surface area (Å²) in [5.41, 5.74) is -0.261. The fraction of sp³-hybridized carbons (Fsp3) is 1.00. The van der Waals surface area contributed by atoms with Gasteiger partial charge in [0.15, 0.2) is 0 Å². The maximum atomic E-state index is 10.7. The van der Waals surface area contributed by atoms with E-state index in [0.717, 1.165) is 25.7 Å². The van der Waals surface area contributed by atoms with Crippen molar-refractivity contribution >= 4 is 0 Å². The van der Waals surface area contributed by atoms with Crippen LogP contribution in [0.4, 0.5) is 0 Å². The quantitative estimate of drug-likeness (QED) is 0.768. The lowest BCUT2D eigenvalue weighted by Gasteiger charge is -2.45. The number of aliphatic hydroxyl groups excluding tert-OH is 1. The monoisotopic (exact) mass is 242 g/mol. The highest BCUT2D eigenvalue weighted by molar-refractivity contribution is 4.95. The van der Waals surface area contributed by atoms with Gasteiger partial charge in [0, 0.05) is 6.61 Å². The number of hydrogen-bond donors (Lipinski definition) is 1. The molecule has 1 rings (SSSR count). The van der Waals surface area contributed by atoms with Crippen LogP contribution in [0.5, 0.6) is 0 Å². The van der Waals surface area contributed by atoms with Crippen molar-refractivity contribution in [2.24, 2.45) is 11.8 Å². The van der Waals surface area contributed by atoms with E-state index >= 15 is 0 Å². The van der Waals surface area contributed by atoms with Gasteiger partial charge in [-0.3, -0.25) is 0 Å². The highest BCUT2D eigenvalue weighted by Crippen LogP contribution is 2.40. The third-order valence-electron chi connectivity index (χ3n) is 4.46. The number of rotatable bonds is 6. The van der Waals surface area contributed by atoms with E-state index in [9.17, 15) is 5.11 Å². The first-order chi connectivity index (χ1) is 8.09. The molecule has 2 nitrogen and oxygen atoms in total. The van der Waals surface area contributed by atoms with Gasteiger partial charge in [-0.1, -0.05) is 46.5 Å². The van der Waals surface area contributed by atoms with Gasteiger partial charge in [0.25, 0.3) is 0 Å². The Morgan fingerprint density at radius 3 is 2.41 bits per heavy atom. The molecular weight excluding hydrogens is 212 g/mol. The van der Waals surface area contributed by atoms with Gasteiger partial charge in [0.05, 0.1) is 11.7 Å². The van der Waals surface area contributed by atoms with E-state index in [2.05, 4.69) is 20.8 Å². The molecule has 1 aliphatic rings. The zero-order chi connectivity index (χ0) is 12.9. The molecule has 102 valence electrons. The second kappa shape index (κ2) is 6.75. The molecule has 1 fully saturated rings. The predicted octanol–water partition coefficient (Wildman–Crippen LogP) is 3.77. The number of aliphatic hydroxyl groups is 1. The summed E-state index contributed by atoms with van der Waals surface area (Å²) in [6.45, 7) is 9.38. The van der Waals surface area contributed by atoms with Crippen LogP contribution in [0.2, 0.25) is 0 Å². The lowest BCUT2D eigenvalue weighted by atomic mass is 9.71. The molecular formula is C15H30O2. The summed E-state index contributed by atoms with van der Waals surface area (Å²) >= 11 is 0. The van der Waals surface area contributed by atoms with Crippen molar-refractivity contribution in [3.8, 4) is 0 Å². The topological polar surface area (TPSA) is 29.5 Å². The zero-order valence-electron chi connectivity index (χ0n) is 12.0. The van der Waals surface area contributed by atoms with Gasteiger partial charge in [-0.15, -0.1) is 0 Å². The van der Waals surface area contributed by atoms with Crippen LogP contribution in [-0.2, 0) is 4.74 Å². The summed E-state index contributed by atoms with van der Waals surface area (Å²) in [4.78, 5) is 0. The first-order valence-electron chi connectivity index (χ1n) is 7.41.